The highest BCUT2D eigenvalue weighted by atomic mass is 32.2. The van der Waals surface area contributed by atoms with Gasteiger partial charge in [0, 0.05) is 30.6 Å². The molecule has 3 aromatic rings. The van der Waals surface area contributed by atoms with E-state index in [0.29, 0.717) is 29.8 Å². The Morgan fingerprint density at radius 3 is 2.83 bits per heavy atom. The standard InChI is InChI=1S/C20H24N6O3S/c1-13(2)7-16-12-29-19-9-18(14-10-21-26(3)11-14)23-20(24-19)25-30(27,28)17-6-4-5-15(8-17)22-16/h4-6,8-11,13,16,22H,7,12H2,1-3H3,(H,23,24,25)/t16-/m1/s1. The molecule has 0 fully saturated rings. The molecule has 0 spiro atoms. The van der Waals surface area contributed by atoms with Crippen LogP contribution < -0.4 is 14.8 Å². The largest absolute Gasteiger partial charge is 0.475 e. The lowest BCUT2D eigenvalue weighted by atomic mass is 10.0. The zero-order valence-electron chi connectivity index (χ0n) is 17.0. The van der Waals surface area contributed by atoms with Crippen molar-refractivity contribution < 1.29 is 13.2 Å². The SMILES string of the molecule is CC(C)C[C@@H]1COc2cc(-c3cnn(C)c3)nc(n2)NS(=O)(=O)c2cccc(c2)N1. The third-order valence-electron chi connectivity index (χ3n) is 4.63. The molecule has 0 amide bonds. The van der Waals surface area contributed by atoms with Gasteiger partial charge < -0.3 is 10.1 Å². The van der Waals surface area contributed by atoms with Gasteiger partial charge in [-0.15, -0.1) is 0 Å². The average molecular weight is 429 g/mol. The minimum atomic E-state index is -3.87. The summed E-state index contributed by atoms with van der Waals surface area (Å²) >= 11 is 0. The van der Waals surface area contributed by atoms with Gasteiger partial charge in [0.1, 0.15) is 6.61 Å². The van der Waals surface area contributed by atoms with Gasteiger partial charge in [-0.25, -0.2) is 18.1 Å². The van der Waals surface area contributed by atoms with Gasteiger partial charge in [-0.2, -0.15) is 10.1 Å². The first-order chi connectivity index (χ1) is 14.3. The number of nitrogens with one attached hydrogen (secondary N) is 2. The van der Waals surface area contributed by atoms with Crippen LogP contribution in [0.2, 0.25) is 0 Å². The Morgan fingerprint density at radius 2 is 2.10 bits per heavy atom. The number of anilines is 2. The predicted molar refractivity (Wildman–Crippen MR) is 114 cm³/mol. The molecule has 4 bridgehead atoms. The zero-order valence-corrected chi connectivity index (χ0v) is 17.8. The van der Waals surface area contributed by atoms with Crippen molar-refractivity contribution in [2.75, 3.05) is 16.6 Å². The van der Waals surface area contributed by atoms with Gasteiger partial charge in [0.05, 0.1) is 22.8 Å². The van der Waals surface area contributed by atoms with Crippen LogP contribution >= 0.6 is 0 Å². The van der Waals surface area contributed by atoms with Crippen LogP contribution in [0.15, 0.2) is 47.6 Å². The van der Waals surface area contributed by atoms with E-state index in [4.69, 9.17) is 4.74 Å². The lowest BCUT2D eigenvalue weighted by Crippen LogP contribution is -2.29. The molecule has 0 radical (unpaired) electrons. The Labute approximate surface area is 175 Å². The lowest BCUT2D eigenvalue weighted by Gasteiger charge is -2.23. The monoisotopic (exact) mass is 428 g/mol. The minimum Gasteiger partial charge on any atom is -0.475 e. The Kier molecular flexibility index (Phi) is 5.33. The number of ether oxygens (including phenoxy) is 1. The molecule has 10 heteroatoms. The van der Waals surface area contributed by atoms with E-state index >= 15 is 0 Å². The van der Waals surface area contributed by atoms with Gasteiger partial charge in [0.15, 0.2) is 0 Å². The first kappa shape index (κ1) is 20.1. The van der Waals surface area contributed by atoms with Crippen molar-refractivity contribution in [3.8, 4) is 17.1 Å². The molecular weight excluding hydrogens is 404 g/mol. The summed E-state index contributed by atoms with van der Waals surface area (Å²) in [5.74, 6) is 0.673. The van der Waals surface area contributed by atoms with E-state index in [1.165, 1.54) is 0 Å². The van der Waals surface area contributed by atoms with Crippen LogP contribution in [0.4, 0.5) is 11.6 Å². The fourth-order valence-electron chi connectivity index (χ4n) is 3.34. The van der Waals surface area contributed by atoms with Crippen molar-refractivity contribution in [1.29, 1.82) is 0 Å². The Bertz CT molecular complexity index is 1160. The number of nitrogens with zero attached hydrogens (tertiary/aromatic N) is 4. The molecule has 3 heterocycles. The molecule has 0 unspecified atom stereocenters. The molecule has 4 rings (SSSR count). The van der Waals surface area contributed by atoms with E-state index in [1.807, 2.05) is 6.07 Å². The zero-order chi connectivity index (χ0) is 21.3. The molecule has 9 nitrogen and oxygen atoms in total. The van der Waals surface area contributed by atoms with E-state index < -0.39 is 10.0 Å². The highest BCUT2D eigenvalue weighted by Crippen LogP contribution is 2.26. The second-order valence-corrected chi connectivity index (χ2v) is 9.42. The second kappa shape index (κ2) is 7.94. The minimum absolute atomic E-state index is 0.0180. The lowest BCUT2D eigenvalue weighted by molar-refractivity contribution is 0.271. The van der Waals surface area contributed by atoms with Crippen molar-refractivity contribution in [3.63, 3.8) is 0 Å². The van der Waals surface area contributed by atoms with E-state index in [9.17, 15) is 8.42 Å². The van der Waals surface area contributed by atoms with Crippen LogP contribution in [-0.4, -0.2) is 40.8 Å². The van der Waals surface area contributed by atoms with Gasteiger partial charge in [-0.1, -0.05) is 19.9 Å². The van der Waals surface area contributed by atoms with Gasteiger partial charge in [0.2, 0.25) is 11.8 Å². The van der Waals surface area contributed by atoms with Crippen LogP contribution in [-0.2, 0) is 17.1 Å². The maximum atomic E-state index is 12.9. The van der Waals surface area contributed by atoms with Crippen LogP contribution in [0.25, 0.3) is 11.3 Å². The number of rotatable bonds is 3. The van der Waals surface area contributed by atoms with Gasteiger partial charge in [-0.3, -0.25) is 4.68 Å². The van der Waals surface area contributed by atoms with E-state index in [0.717, 1.165) is 12.0 Å². The molecule has 2 aromatic heterocycles. The number of aryl methyl sites for hydroxylation is 1. The number of fused-ring (bicyclic) bond motifs is 4. The number of aromatic nitrogens is 4. The van der Waals surface area contributed by atoms with Crippen molar-refractivity contribution >= 4 is 21.7 Å². The molecule has 0 saturated heterocycles. The molecule has 1 aromatic carbocycles. The summed E-state index contributed by atoms with van der Waals surface area (Å²) < 4.78 is 35.9. The molecule has 158 valence electrons. The Hall–Kier alpha value is -3.14. The number of hydrogen-bond acceptors (Lipinski definition) is 7. The number of benzene rings is 1. The van der Waals surface area contributed by atoms with Crippen LogP contribution in [0.5, 0.6) is 5.88 Å². The summed E-state index contributed by atoms with van der Waals surface area (Å²) in [6.45, 7) is 4.63. The maximum absolute atomic E-state index is 12.9. The molecule has 1 aliphatic rings. The van der Waals surface area contributed by atoms with E-state index in [1.54, 1.807) is 48.4 Å². The van der Waals surface area contributed by atoms with Crippen molar-refractivity contribution in [2.45, 2.75) is 31.2 Å². The molecule has 0 saturated carbocycles. The van der Waals surface area contributed by atoms with E-state index in [2.05, 4.69) is 39.0 Å². The average Bonchev–Trinajstić information content (AvgIpc) is 3.11. The third kappa shape index (κ3) is 4.54. The van der Waals surface area contributed by atoms with E-state index in [-0.39, 0.29) is 16.9 Å². The summed E-state index contributed by atoms with van der Waals surface area (Å²) in [6, 6.07) is 8.35. The molecule has 30 heavy (non-hydrogen) atoms. The Balaban J connectivity index is 1.79. The summed E-state index contributed by atoms with van der Waals surface area (Å²) in [7, 11) is -2.07. The molecule has 2 N–H and O–H groups in total. The second-order valence-electron chi connectivity index (χ2n) is 7.73. The maximum Gasteiger partial charge on any atom is 0.264 e. The molecular formula is C20H24N6O3S. The van der Waals surface area contributed by atoms with Crippen molar-refractivity contribution in [3.05, 3.63) is 42.7 Å². The predicted octanol–water partition coefficient (Wildman–Crippen LogP) is 2.90. The summed E-state index contributed by atoms with van der Waals surface area (Å²) in [5.41, 5.74) is 1.97. The van der Waals surface area contributed by atoms with Gasteiger partial charge in [0.25, 0.3) is 10.0 Å². The Morgan fingerprint density at radius 1 is 1.27 bits per heavy atom. The normalized spacial score (nSPS) is 17.8. The first-order valence-electron chi connectivity index (χ1n) is 9.69. The van der Waals surface area contributed by atoms with Gasteiger partial charge >= 0.3 is 0 Å². The van der Waals surface area contributed by atoms with Crippen LogP contribution in [0.1, 0.15) is 20.3 Å². The highest BCUT2D eigenvalue weighted by molar-refractivity contribution is 7.92. The quantitative estimate of drug-likeness (QED) is 0.660. The summed E-state index contributed by atoms with van der Waals surface area (Å²) in [4.78, 5) is 8.77. The number of sulfonamides is 1. The smallest absolute Gasteiger partial charge is 0.264 e. The van der Waals surface area contributed by atoms with Crippen molar-refractivity contribution in [2.24, 2.45) is 13.0 Å². The fourth-order valence-corrected chi connectivity index (χ4v) is 4.33. The third-order valence-corrected chi connectivity index (χ3v) is 5.96. The summed E-state index contributed by atoms with van der Waals surface area (Å²) in [6.07, 6.45) is 4.29. The van der Waals surface area contributed by atoms with Gasteiger partial charge in [-0.05, 0) is 30.5 Å². The molecule has 1 atom stereocenters. The molecule has 1 aliphatic heterocycles. The first-order valence-corrected chi connectivity index (χ1v) is 11.2. The van der Waals surface area contributed by atoms with Crippen LogP contribution in [0.3, 0.4) is 0 Å². The van der Waals surface area contributed by atoms with Crippen LogP contribution in [0, 0.1) is 5.92 Å². The molecule has 0 aliphatic carbocycles. The topological polar surface area (TPSA) is 111 Å². The highest BCUT2D eigenvalue weighted by Gasteiger charge is 2.21. The number of hydrogen-bond donors (Lipinski definition) is 2. The summed E-state index contributed by atoms with van der Waals surface area (Å²) in [5, 5.41) is 7.55. The van der Waals surface area contributed by atoms with Crippen molar-refractivity contribution in [1.82, 2.24) is 19.7 Å². The fraction of sp³-hybridized carbons (Fsp3) is 0.350.